The lowest BCUT2D eigenvalue weighted by Gasteiger charge is -2.03. The summed E-state index contributed by atoms with van der Waals surface area (Å²) in [6, 6.07) is 1.25. The molecule has 7 nitrogen and oxygen atoms in total. The van der Waals surface area contributed by atoms with E-state index in [1.807, 2.05) is 0 Å². The van der Waals surface area contributed by atoms with Crippen LogP contribution in [-0.4, -0.2) is 31.9 Å². The van der Waals surface area contributed by atoms with Gasteiger partial charge in [-0.15, -0.1) is 11.3 Å². The Hall–Kier alpha value is -1.45. The molecule has 0 atom stereocenters. The molecule has 4 N–H and O–H groups in total. The number of unbranched alkanes of at least 4 members (excludes halogenated alkanes) is 3. The number of hydrogen-bond acceptors (Lipinski definition) is 5. The molecule has 0 aliphatic rings. The Morgan fingerprint density at radius 2 is 1.90 bits per heavy atom. The number of sulfonamides is 1. The second-order valence-corrected chi connectivity index (χ2v) is 7.21. The molecule has 0 fully saturated rings. The van der Waals surface area contributed by atoms with E-state index in [1.54, 1.807) is 0 Å². The number of carbonyl (C=O) groups excluding carboxylic acids is 1. The Kier molecular flexibility index (Phi) is 6.79. The summed E-state index contributed by atoms with van der Waals surface area (Å²) in [5, 5.41) is 17.6. The van der Waals surface area contributed by atoms with Crippen molar-refractivity contribution in [2.45, 2.75) is 36.3 Å². The lowest BCUT2D eigenvalue weighted by atomic mass is 10.1. The minimum Gasteiger partial charge on any atom is -0.481 e. The van der Waals surface area contributed by atoms with Gasteiger partial charge >= 0.3 is 5.97 Å². The summed E-state index contributed by atoms with van der Waals surface area (Å²) in [5.74, 6) is -1.14. The first kappa shape index (κ1) is 17.6. The van der Waals surface area contributed by atoms with E-state index >= 15 is 0 Å². The molecule has 1 aromatic rings. The van der Waals surface area contributed by atoms with E-state index < -0.39 is 16.0 Å². The van der Waals surface area contributed by atoms with Crippen LogP contribution in [0.5, 0.6) is 0 Å². The number of rotatable bonds is 9. The summed E-state index contributed by atoms with van der Waals surface area (Å²) >= 11 is 0.908. The molecule has 9 heteroatoms. The zero-order valence-corrected chi connectivity index (χ0v) is 13.0. The minimum absolute atomic E-state index is 0.0404. The predicted molar refractivity (Wildman–Crippen MR) is 78.7 cm³/mol. The molecule has 0 unspecified atom stereocenters. The van der Waals surface area contributed by atoms with Crippen LogP contribution in [0.4, 0.5) is 0 Å². The molecule has 0 bridgehead atoms. The molecule has 0 saturated heterocycles. The number of thiophene rings is 1. The standard InChI is InChI=1S/C12H18N2O5S2/c13-21(18,19)11-7-9(8-20-11)12(17)14-6-4-2-1-3-5-10(15)16/h7-8H,1-6H2,(H,14,17)(H,15,16)(H2,13,18,19). The molecule has 0 aliphatic carbocycles. The van der Waals surface area contributed by atoms with E-state index in [0.717, 1.165) is 30.6 Å². The average Bonchev–Trinajstić information content (AvgIpc) is 2.86. The van der Waals surface area contributed by atoms with Gasteiger partial charge in [-0.2, -0.15) is 0 Å². The maximum atomic E-state index is 11.7. The molecule has 1 rings (SSSR count). The number of nitrogens with one attached hydrogen (secondary N) is 1. The maximum absolute atomic E-state index is 11.7. The van der Waals surface area contributed by atoms with E-state index in [-0.39, 0.29) is 22.1 Å². The van der Waals surface area contributed by atoms with Gasteiger partial charge in [-0.1, -0.05) is 12.8 Å². The van der Waals surface area contributed by atoms with Gasteiger partial charge in [-0.05, 0) is 18.9 Å². The molecule has 21 heavy (non-hydrogen) atoms. The Labute approximate surface area is 127 Å². The van der Waals surface area contributed by atoms with Crippen LogP contribution in [0, 0.1) is 0 Å². The fourth-order valence-corrected chi connectivity index (χ4v) is 3.23. The van der Waals surface area contributed by atoms with Gasteiger partial charge in [0.15, 0.2) is 0 Å². The summed E-state index contributed by atoms with van der Waals surface area (Å²) in [6.07, 6.45) is 3.18. The molecular weight excluding hydrogens is 316 g/mol. The zero-order chi connectivity index (χ0) is 15.9. The number of carbonyl (C=O) groups is 2. The van der Waals surface area contributed by atoms with Crippen molar-refractivity contribution in [3.63, 3.8) is 0 Å². The van der Waals surface area contributed by atoms with Crippen molar-refractivity contribution in [2.75, 3.05) is 6.54 Å². The summed E-state index contributed by atoms with van der Waals surface area (Å²) in [5.41, 5.74) is 0.273. The number of hydrogen-bond donors (Lipinski definition) is 3. The largest absolute Gasteiger partial charge is 0.481 e. The smallest absolute Gasteiger partial charge is 0.303 e. The second-order valence-electron chi connectivity index (χ2n) is 4.51. The summed E-state index contributed by atoms with van der Waals surface area (Å²) < 4.78 is 22.1. The third-order valence-electron chi connectivity index (χ3n) is 2.72. The highest BCUT2D eigenvalue weighted by molar-refractivity contribution is 7.91. The third kappa shape index (κ3) is 6.69. The van der Waals surface area contributed by atoms with Crippen molar-refractivity contribution in [3.8, 4) is 0 Å². The van der Waals surface area contributed by atoms with Gasteiger partial charge in [-0.3, -0.25) is 9.59 Å². The third-order valence-corrected chi connectivity index (χ3v) is 5.11. The molecule has 1 amide bonds. The van der Waals surface area contributed by atoms with Crippen LogP contribution in [0.2, 0.25) is 0 Å². The lowest BCUT2D eigenvalue weighted by Crippen LogP contribution is -2.24. The van der Waals surface area contributed by atoms with Gasteiger partial charge in [0.2, 0.25) is 10.0 Å². The first-order valence-corrected chi connectivity index (χ1v) is 8.84. The van der Waals surface area contributed by atoms with Crippen molar-refractivity contribution in [2.24, 2.45) is 5.14 Å². The highest BCUT2D eigenvalue weighted by atomic mass is 32.2. The molecule has 1 heterocycles. The molecule has 0 spiro atoms. The first-order chi connectivity index (χ1) is 9.80. The molecule has 0 aromatic carbocycles. The zero-order valence-electron chi connectivity index (χ0n) is 11.4. The van der Waals surface area contributed by atoms with Gasteiger partial charge in [-0.25, -0.2) is 13.6 Å². The van der Waals surface area contributed by atoms with Gasteiger partial charge in [0.05, 0.1) is 5.56 Å². The van der Waals surface area contributed by atoms with Crippen molar-refractivity contribution in [1.29, 1.82) is 0 Å². The molecule has 118 valence electrons. The lowest BCUT2D eigenvalue weighted by molar-refractivity contribution is -0.137. The highest BCUT2D eigenvalue weighted by Gasteiger charge is 2.14. The van der Waals surface area contributed by atoms with Gasteiger partial charge in [0, 0.05) is 18.3 Å². The van der Waals surface area contributed by atoms with Gasteiger partial charge in [0.1, 0.15) is 4.21 Å². The normalized spacial score (nSPS) is 11.3. The number of aliphatic carboxylic acids is 1. The fourth-order valence-electron chi connectivity index (χ4n) is 1.64. The Bertz CT molecular complexity index is 595. The van der Waals surface area contributed by atoms with E-state index in [1.165, 1.54) is 11.4 Å². The number of carboxylic acid groups (broad SMARTS) is 1. The molecule has 1 aromatic heterocycles. The van der Waals surface area contributed by atoms with E-state index in [2.05, 4.69) is 5.32 Å². The SMILES string of the molecule is NS(=O)(=O)c1cc(C(=O)NCCCCCCC(=O)O)cs1. The maximum Gasteiger partial charge on any atom is 0.303 e. The van der Waals surface area contributed by atoms with Crippen LogP contribution in [0.25, 0.3) is 0 Å². The van der Waals surface area contributed by atoms with Crippen LogP contribution in [0.15, 0.2) is 15.7 Å². The van der Waals surface area contributed by atoms with Crippen LogP contribution in [-0.2, 0) is 14.8 Å². The molecule has 0 radical (unpaired) electrons. The van der Waals surface area contributed by atoms with Crippen molar-refractivity contribution < 1.29 is 23.1 Å². The van der Waals surface area contributed by atoms with Crippen LogP contribution < -0.4 is 10.5 Å². The predicted octanol–water partition coefficient (Wildman–Crippen LogP) is 1.16. The fraction of sp³-hybridized carbons (Fsp3) is 0.500. The van der Waals surface area contributed by atoms with E-state index in [4.69, 9.17) is 10.2 Å². The number of amides is 1. The Morgan fingerprint density at radius 1 is 1.24 bits per heavy atom. The van der Waals surface area contributed by atoms with Gasteiger partial charge < -0.3 is 10.4 Å². The van der Waals surface area contributed by atoms with Crippen LogP contribution in [0.1, 0.15) is 42.5 Å². The van der Waals surface area contributed by atoms with Gasteiger partial charge in [0.25, 0.3) is 5.91 Å². The first-order valence-electron chi connectivity index (χ1n) is 6.42. The topological polar surface area (TPSA) is 127 Å². The summed E-state index contributed by atoms with van der Waals surface area (Å²) in [4.78, 5) is 22.0. The van der Waals surface area contributed by atoms with E-state index in [9.17, 15) is 18.0 Å². The monoisotopic (exact) mass is 334 g/mol. The second kappa shape index (κ2) is 8.11. The van der Waals surface area contributed by atoms with Crippen molar-refractivity contribution in [3.05, 3.63) is 17.0 Å². The quantitative estimate of drug-likeness (QED) is 0.584. The van der Waals surface area contributed by atoms with Crippen LogP contribution in [0.3, 0.4) is 0 Å². The number of primary sulfonamides is 1. The summed E-state index contributed by atoms with van der Waals surface area (Å²) in [6.45, 7) is 0.465. The van der Waals surface area contributed by atoms with Crippen LogP contribution >= 0.6 is 11.3 Å². The van der Waals surface area contributed by atoms with Crippen molar-refractivity contribution in [1.82, 2.24) is 5.32 Å². The molecular formula is C12H18N2O5S2. The molecule has 0 aliphatic heterocycles. The number of carboxylic acids is 1. The number of nitrogens with two attached hydrogens (primary N) is 1. The highest BCUT2D eigenvalue weighted by Crippen LogP contribution is 2.18. The Balaban J connectivity index is 2.25. The summed E-state index contributed by atoms with van der Waals surface area (Å²) in [7, 11) is -3.77. The molecule has 0 saturated carbocycles. The Morgan fingerprint density at radius 3 is 2.48 bits per heavy atom. The average molecular weight is 334 g/mol. The minimum atomic E-state index is -3.77. The van der Waals surface area contributed by atoms with E-state index in [0.29, 0.717) is 13.0 Å². The van der Waals surface area contributed by atoms with Crippen molar-refractivity contribution >= 4 is 33.2 Å².